The summed E-state index contributed by atoms with van der Waals surface area (Å²) in [5, 5.41) is 0. The van der Waals surface area contributed by atoms with Crippen LogP contribution in [0, 0.1) is 17.6 Å². The summed E-state index contributed by atoms with van der Waals surface area (Å²) in [6.45, 7) is 5.23. The van der Waals surface area contributed by atoms with Crippen molar-refractivity contribution in [3.63, 3.8) is 0 Å². The van der Waals surface area contributed by atoms with Gasteiger partial charge in [-0.3, -0.25) is 14.5 Å². The minimum absolute atomic E-state index is 0.149. The summed E-state index contributed by atoms with van der Waals surface area (Å²) in [5.74, 6) is -1.92. The average molecular weight is 512 g/mol. The maximum Gasteiger partial charge on any atom is 0.310 e. The normalized spacial score (nSPS) is 16.6. The molecule has 1 saturated heterocycles. The summed E-state index contributed by atoms with van der Waals surface area (Å²) < 4.78 is 38.7. The molecule has 9 heteroatoms. The molecule has 3 aromatic rings. The van der Waals surface area contributed by atoms with E-state index in [1.807, 2.05) is 42.2 Å². The van der Waals surface area contributed by atoms with Gasteiger partial charge in [-0.05, 0) is 38.3 Å². The van der Waals surface area contributed by atoms with Crippen LogP contribution in [0.2, 0.25) is 0 Å². The number of nitrogens with zero attached hydrogens (tertiary/aromatic N) is 3. The van der Waals surface area contributed by atoms with Crippen LogP contribution in [0.5, 0.6) is 0 Å². The molecule has 0 radical (unpaired) electrons. The molecule has 2 heterocycles. The minimum Gasteiger partial charge on any atom is -0.466 e. The molecule has 0 saturated carbocycles. The molecule has 196 valence electrons. The predicted molar refractivity (Wildman–Crippen MR) is 132 cm³/mol. The van der Waals surface area contributed by atoms with Crippen molar-refractivity contribution < 1.29 is 27.5 Å². The van der Waals surface area contributed by atoms with Crippen molar-refractivity contribution in [2.75, 3.05) is 19.7 Å². The molecule has 0 aliphatic carbocycles. The predicted octanol–water partition coefficient (Wildman–Crippen LogP) is 5.13. The van der Waals surface area contributed by atoms with Crippen molar-refractivity contribution in [2.45, 2.75) is 45.8 Å². The monoisotopic (exact) mass is 511 g/mol. The van der Waals surface area contributed by atoms with E-state index in [4.69, 9.17) is 9.15 Å². The zero-order valence-electron chi connectivity index (χ0n) is 21.0. The average Bonchev–Trinajstić information content (AvgIpc) is 3.38. The lowest BCUT2D eigenvalue weighted by Gasteiger charge is -2.31. The number of esters is 1. The van der Waals surface area contributed by atoms with Gasteiger partial charge in [-0.1, -0.05) is 36.4 Å². The number of carbonyl (C=O) groups excluding carboxylic acids is 2. The Morgan fingerprint density at radius 2 is 1.97 bits per heavy atom. The number of ether oxygens (including phenoxy) is 1. The summed E-state index contributed by atoms with van der Waals surface area (Å²) in [6.07, 6.45) is 2.69. The molecule has 2 atom stereocenters. The molecule has 1 aliphatic heterocycles. The zero-order valence-corrected chi connectivity index (χ0v) is 21.0. The molecule has 2 aromatic carbocycles. The summed E-state index contributed by atoms with van der Waals surface area (Å²) in [4.78, 5) is 33.2. The molecule has 1 fully saturated rings. The van der Waals surface area contributed by atoms with Gasteiger partial charge in [-0.2, -0.15) is 0 Å². The number of carbonyl (C=O) groups is 2. The third-order valence-corrected chi connectivity index (χ3v) is 6.66. The van der Waals surface area contributed by atoms with Crippen molar-refractivity contribution >= 4 is 11.9 Å². The fourth-order valence-electron chi connectivity index (χ4n) is 4.57. The molecular formula is C28H31F2N3O4. The van der Waals surface area contributed by atoms with Gasteiger partial charge in [0.2, 0.25) is 5.89 Å². The Balaban J connectivity index is 1.50. The van der Waals surface area contributed by atoms with E-state index in [1.165, 1.54) is 18.4 Å². The quantitative estimate of drug-likeness (QED) is 0.371. The van der Waals surface area contributed by atoms with Crippen LogP contribution in [0.15, 0.2) is 59.2 Å². The highest BCUT2D eigenvalue weighted by atomic mass is 19.1. The molecule has 0 N–H and O–H groups in total. The highest BCUT2D eigenvalue weighted by Crippen LogP contribution is 2.26. The first-order valence-electron chi connectivity index (χ1n) is 12.5. The van der Waals surface area contributed by atoms with Crippen LogP contribution >= 0.6 is 0 Å². The Bertz CT molecular complexity index is 1220. The number of halogens is 2. The largest absolute Gasteiger partial charge is 0.466 e. The van der Waals surface area contributed by atoms with Crippen molar-refractivity contribution in [3.05, 3.63) is 89.1 Å². The van der Waals surface area contributed by atoms with Gasteiger partial charge in [0.25, 0.3) is 5.91 Å². The Morgan fingerprint density at radius 3 is 2.70 bits per heavy atom. The third-order valence-electron chi connectivity index (χ3n) is 6.66. The second-order valence-electron chi connectivity index (χ2n) is 9.20. The standard InChI is InChI=1S/C28H31F2N3O4/c1-3-36-28(35)22-10-7-13-32(16-22)27(34)25-18-37-26(31-25)17-33(19(2)20-8-5-4-6-9-20)15-21-11-12-23(29)14-24(21)30/h4-6,8-9,11-12,14,18-19,22H,3,7,10,13,15-17H2,1-2H3/t19-,22+/m0/s1. The van der Waals surface area contributed by atoms with Gasteiger partial charge in [-0.15, -0.1) is 0 Å². The van der Waals surface area contributed by atoms with E-state index in [-0.39, 0.29) is 49.2 Å². The van der Waals surface area contributed by atoms with Crippen molar-refractivity contribution in [1.29, 1.82) is 0 Å². The molecule has 1 amide bonds. The van der Waals surface area contributed by atoms with Crippen LogP contribution in [0.4, 0.5) is 8.78 Å². The Kier molecular flexibility index (Phi) is 8.66. The van der Waals surface area contributed by atoms with E-state index in [0.717, 1.165) is 11.6 Å². The number of aromatic nitrogens is 1. The summed E-state index contributed by atoms with van der Waals surface area (Å²) >= 11 is 0. The number of rotatable bonds is 9. The summed E-state index contributed by atoms with van der Waals surface area (Å²) in [7, 11) is 0. The number of likely N-dealkylation sites (tertiary alicyclic amines) is 1. The van der Waals surface area contributed by atoms with E-state index in [0.29, 0.717) is 37.4 Å². The van der Waals surface area contributed by atoms with Gasteiger partial charge < -0.3 is 14.1 Å². The van der Waals surface area contributed by atoms with E-state index < -0.39 is 11.6 Å². The minimum atomic E-state index is -0.636. The van der Waals surface area contributed by atoms with Crippen LogP contribution in [0.3, 0.4) is 0 Å². The summed E-state index contributed by atoms with van der Waals surface area (Å²) in [6, 6.07) is 13.1. The van der Waals surface area contributed by atoms with Crippen molar-refractivity contribution in [3.8, 4) is 0 Å². The molecule has 1 aliphatic rings. The second kappa shape index (κ2) is 12.1. The van der Waals surface area contributed by atoms with Crippen LogP contribution in [-0.4, -0.2) is 46.4 Å². The highest BCUT2D eigenvalue weighted by molar-refractivity contribution is 5.92. The lowest BCUT2D eigenvalue weighted by Crippen LogP contribution is -2.43. The lowest BCUT2D eigenvalue weighted by atomic mass is 9.98. The third kappa shape index (κ3) is 6.60. The number of benzene rings is 2. The molecule has 4 rings (SSSR count). The maximum atomic E-state index is 14.5. The molecule has 0 bridgehead atoms. The van der Waals surface area contributed by atoms with E-state index in [9.17, 15) is 18.4 Å². The van der Waals surface area contributed by atoms with E-state index in [1.54, 1.807) is 11.8 Å². The van der Waals surface area contributed by atoms with E-state index in [2.05, 4.69) is 4.98 Å². The highest BCUT2D eigenvalue weighted by Gasteiger charge is 2.31. The van der Waals surface area contributed by atoms with Gasteiger partial charge in [0, 0.05) is 37.3 Å². The fraction of sp³-hybridized carbons (Fsp3) is 0.393. The first-order valence-corrected chi connectivity index (χ1v) is 12.5. The van der Waals surface area contributed by atoms with Gasteiger partial charge in [0.1, 0.15) is 17.9 Å². The number of hydrogen-bond donors (Lipinski definition) is 0. The number of hydrogen-bond acceptors (Lipinski definition) is 6. The summed E-state index contributed by atoms with van der Waals surface area (Å²) in [5.41, 5.74) is 1.50. The number of piperidine rings is 1. The van der Waals surface area contributed by atoms with Crippen LogP contribution in [0.25, 0.3) is 0 Å². The van der Waals surface area contributed by atoms with Crippen LogP contribution in [0.1, 0.15) is 60.2 Å². The maximum absolute atomic E-state index is 14.5. The van der Waals surface area contributed by atoms with Crippen LogP contribution in [-0.2, 0) is 22.6 Å². The zero-order chi connectivity index (χ0) is 26.4. The molecular weight excluding hydrogens is 480 g/mol. The van der Waals surface area contributed by atoms with Gasteiger partial charge in [-0.25, -0.2) is 13.8 Å². The van der Waals surface area contributed by atoms with Crippen LogP contribution < -0.4 is 0 Å². The first kappa shape index (κ1) is 26.5. The SMILES string of the molecule is CCOC(=O)[C@@H]1CCCN(C(=O)c2coc(CN(Cc3ccc(F)cc3F)[C@@H](C)c3ccccc3)n2)C1. The topological polar surface area (TPSA) is 75.9 Å². The molecule has 37 heavy (non-hydrogen) atoms. The Morgan fingerprint density at radius 1 is 1.19 bits per heavy atom. The fourth-order valence-corrected chi connectivity index (χ4v) is 4.57. The van der Waals surface area contributed by atoms with Crippen molar-refractivity contribution in [1.82, 2.24) is 14.8 Å². The molecule has 0 spiro atoms. The molecule has 0 unspecified atom stereocenters. The second-order valence-corrected chi connectivity index (χ2v) is 9.20. The Labute approximate surface area is 215 Å². The molecule has 7 nitrogen and oxygen atoms in total. The first-order chi connectivity index (χ1) is 17.9. The van der Waals surface area contributed by atoms with Gasteiger partial charge in [0.15, 0.2) is 5.69 Å². The van der Waals surface area contributed by atoms with Gasteiger partial charge >= 0.3 is 5.97 Å². The smallest absolute Gasteiger partial charge is 0.310 e. The molecule has 1 aromatic heterocycles. The lowest BCUT2D eigenvalue weighted by molar-refractivity contribution is -0.149. The Hall–Kier alpha value is -3.59. The van der Waals surface area contributed by atoms with Crippen molar-refractivity contribution in [2.24, 2.45) is 5.92 Å². The number of amides is 1. The van der Waals surface area contributed by atoms with Gasteiger partial charge in [0.05, 0.1) is 19.1 Å². The van der Waals surface area contributed by atoms with E-state index >= 15 is 0 Å². The number of oxazole rings is 1.